The Kier molecular flexibility index (Phi) is 7.25. The molecule has 4 heterocycles. The van der Waals surface area contributed by atoms with E-state index in [-0.39, 0.29) is 35.9 Å². The molecule has 2 aromatic heterocycles. The molecule has 1 N–H and O–H groups in total. The molecule has 0 unspecified atom stereocenters. The minimum absolute atomic E-state index is 0.0634. The van der Waals surface area contributed by atoms with Crippen molar-refractivity contribution >= 4 is 39.1 Å². The first-order valence-electron chi connectivity index (χ1n) is 13.5. The van der Waals surface area contributed by atoms with Gasteiger partial charge < -0.3 is 24.3 Å². The quantitative estimate of drug-likeness (QED) is 0.397. The SMILES string of the molecule is Cc1ocnc1C(=O)N1CCCOc2cccc(c2)[C@H]2CN(C(=O)c3cc4ccccc4s3)C[C@@H]2C(=O)NCC1. The number of nitrogens with zero attached hydrogens (tertiary/aromatic N) is 3. The van der Waals surface area contributed by atoms with Crippen LogP contribution in [0.3, 0.4) is 0 Å². The van der Waals surface area contributed by atoms with E-state index in [4.69, 9.17) is 9.15 Å². The number of thiophene rings is 1. The molecule has 0 spiro atoms. The minimum atomic E-state index is -0.432. The van der Waals surface area contributed by atoms with E-state index in [1.165, 1.54) is 17.7 Å². The maximum absolute atomic E-state index is 13.6. The number of benzene rings is 2. The lowest BCUT2D eigenvalue weighted by Crippen LogP contribution is -2.42. The first-order chi connectivity index (χ1) is 19.5. The smallest absolute Gasteiger partial charge is 0.276 e. The van der Waals surface area contributed by atoms with Crippen LogP contribution in [0.4, 0.5) is 0 Å². The summed E-state index contributed by atoms with van der Waals surface area (Å²) >= 11 is 1.47. The lowest BCUT2D eigenvalue weighted by Gasteiger charge is -2.24. The predicted octanol–water partition coefficient (Wildman–Crippen LogP) is 4.09. The van der Waals surface area contributed by atoms with Gasteiger partial charge in [0.15, 0.2) is 12.1 Å². The summed E-state index contributed by atoms with van der Waals surface area (Å²) in [4.78, 5) is 48.5. The van der Waals surface area contributed by atoms with E-state index in [9.17, 15) is 14.4 Å². The van der Waals surface area contributed by atoms with Crippen LogP contribution in [0.2, 0.25) is 0 Å². The number of amides is 3. The molecule has 2 aliphatic heterocycles. The Balaban J connectivity index is 1.24. The van der Waals surface area contributed by atoms with Crippen molar-refractivity contribution < 1.29 is 23.5 Å². The first kappa shape index (κ1) is 26.1. The number of aryl methyl sites for hydroxylation is 1. The molecule has 206 valence electrons. The molecular weight excluding hydrogens is 528 g/mol. The fraction of sp³-hybridized carbons (Fsp3) is 0.333. The molecule has 0 aliphatic carbocycles. The standard InChI is InChI=1S/C30H30N4O5S/c1-19-27(32-18-39-19)30(37)33-11-5-13-38-22-8-4-7-20(14-22)23-16-34(17-24(23)28(35)31-10-12-33)29(36)26-15-21-6-2-3-9-25(21)40-26/h2-4,6-9,14-15,18,23-24H,5,10-13,16-17H2,1H3,(H,31,35)/t23-,24+/m1/s1. The highest BCUT2D eigenvalue weighted by Gasteiger charge is 2.41. The Morgan fingerprint density at radius 3 is 2.67 bits per heavy atom. The summed E-state index contributed by atoms with van der Waals surface area (Å²) in [6.45, 7) is 3.94. The van der Waals surface area contributed by atoms with Crippen LogP contribution in [0.15, 0.2) is 65.4 Å². The second-order valence-electron chi connectivity index (χ2n) is 10.2. The largest absolute Gasteiger partial charge is 0.494 e. The number of hydrogen-bond acceptors (Lipinski definition) is 7. The molecular formula is C30H30N4O5S. The summed E-state index contributed by atoms with van der Waals surface area (Å²) in [6, 6.07) is 17.6. The molecule has 10 heteroatoms. The summed E-state index contributed by atoms with van der Waals surface area (Å²) in [5.74, 6) is 0.107. The number of aromatic nitrogens is 1. The average Bonchev–Trinajstić information content (AvgIpc) is 3.71. The van der Waals surface area contributed by atoms with Crippen molar-refractivity contribution in [3.63, 3.8) is 0 Å². The van der Waals surface area contributed by atoms with Gasteiger partial charge in [0, 0.05) is 43.3 Å². The molecule has 40 heavy (non-hydrogen) atoms. The number of hydrogen-bond donors (Lipinski definition) is 1. The zero-order valence-electron chi connectivity index (χ0n) is 22.2. The number of likely N-dealkylation sites (tertiary alicyclic amines) is 1. The van der Waals surface area contributed by atoms with Gasteiger partial charge >= 0.3 is 0 Å². The van der Waals surface area contributed by atoms with Gasteiger partial charge in [-0.1, -0.05) is 30.3 Å². The molecule has 9 nitrogen and oxygen atoms in total. The first-order valence-corrected chi connectivity index (χ1v) is 14.3. The van der Waals surface area contributed by atoms with Crippen LogP contribution in [0.1, 0.15) is 43.8 Å². The number of ether oxygens (including phenoxy) is 1. The van der Waals surface area contributed by atoms with Crippen molar-refractivity contribution in [2.45, 2.75) is 19.3 Å². The van der Waals surface area contributed by atoms with Gasteiger partial charge in [-0.25, -0.2) is 4.98 Å². The molecule has 6 rings (SSSR count). The molecule has 0 saturated carbocycles. The summed E-state index contributed by atoms with van der Waals surface area (Å²) in [6.07, 6.45) is 1.88. The summed E-state index contributed by atoms with van der Waals surface area (Å²) in [5.41, 5.74) is 1.24. The van der Waals surface area contributed by atoms with E-state index in [1.54, 1.807) is 16.7 Å². The van der Waals surface area contributed by atoms with Crippen LogP contribution >= 0.6 is 11.3 Å². The van der Waals surface area contributed by atoms with Gasteiger partial charge in [-0.05, 0) is 48.6 Å². The third-order valence-corrected chi connectivity index (χ3v) is 8.73. The number of carbonyl (C=O) groups is 3. The lowest BCUT2D eigenvalue weighted by molar-refractivity contribution is -0.125. The molecule has 2 atom stereocenters. The fourth-order valence-corrected chi connectivity index (χ4v) is 6.55. The van der Waals surface area contributed by atoms with Crippen LogP contribution in [0.5, 0.6) is 5.75 Å². The zero-order chi connectivity index (χ0) is 27.6. The van der Waals surface area contributed by atoms with Crippen LogP contribution in [0, 0.1) is 12.8 Å². The normalized spacial score (nSPS) is 20.0. The highest BCUT2D eigenvalue weighted by Crippen LogP contribution is 2.36. The average molecular weight is 559 g/mol. The lowest BCUT2D eigenvalue weighted by atomic mass is 9.88. The van der Waals surface area contributed by atoms with Crippen LogP contribution < -0.4 is 10.1 Å². The van der Waals surface area contributed by atoms with Gasteiger partial charge in [0.25, 0.3) is 11.8 Å². The monoisotopic (exact) mass is 558 g/mol. The van der Waals surface area contributed by atoms with E-state index >= 15 is 0 Å². The van der Waals surface area contributed by atoms with Gasteiger partial charge in [-0.15, -0.1) is 11.3 Å². The second kappa shape index (κ2) is 11.1. The van der Waals surface area contributed by atoms with E-state index in [0.29, 0.717) is 55.6 Å². The second-order valence-corrected chi connectivity index (χ2v) is 11.3. The number of fused-ring (bicyclic) bond motifs is 5. The van der Waals surface area contributed by atoms with E-state index < -0.39 is 5.92 Å². The van der Waals surface area contributed by atoms with Crippen LogP contribution in [-0.4, -0.2) is 71.8 Å². The predicted molar refractivity (Wildman–Crippen MR) is 151 cm³/mol. The Hall–Kier alpha value is -4.18. The summed E-state index contributed by atoms with van der Waals surface area (Å²) in [5, 5.41) is 4.08. The van der Waals surface area contributed by atoms with Crippen molar-refractivity contribution in [1.82, 2.24) is 20.1 Å². The van der Waals surface area contributed by atoms with Gasteiger partial charge in [-0.2, -0.15) is 0 Å². The Morgan fingerprint density at radius 1 is 1.00 bits per heavy atom. The van der Waals surface area contributed by atoms with Crippen molar-refractivity contribution in [2.75, 3.05) is 39.3 Å². The Morgan fingerprint density at radius 2 is 1.85 bits per heavy atom. The summed E-state index contributed by atoms with van der Waals surface area (Å²) < 4.78 is 12.3. The van der Waals surface area contributed by atoms with E-state index in [1.807, 2.05) is 54.6 Å². The fourth-order valence-electron chi connectivity index (χ4n) is 5.52. The number of nitrogens with one attached hydrogen (secondary N) is 1. The molecule has 0 radical (unpaired) electrons. The topological polar surface area (TPSA) is 105 Å². The van der Waals surface area contributed by atoms with Gasteiger partial charge in [-0.3, -0.25) is 14.4 Å². The highest BCUT2D eigenvalue weighted by molar-refractivity contribution is 7.20. The van der Waals surface area contributed by atoms with Crippen molar-refractivity contribution in [1.29, 1.82) is 0 Å². The van der Waals surface area contributed by atoms with Crippen molar-refractivity contribution in [2.24, 2.45) is 5.92 Å². The third-order valence-electron chi connectivity index (χ3n) is 7.62. The Bertz CT molecular complexity index is 1530. The number of carbonyl (C=O) groups excluding carboxylic acids is 3. The van der Waals surface area contributed by atoms with Gasteiger partial charge in [0.05, 0.1) is 17.4 Å². The van der Waals surface area contributed by atoms with Crippen molar-refractivity contribution in [3.8, 4) is 5.75 Å². The van der Waals surface area contributed by atoms with E-state index in [0.717, 1.165) is 15.6 Å². The molecule has 1 fully saturated rings. The van der Waals surface area contributed by atoms with Gasteiger partial charge in [0.1, 0.15) is 11.5 Å². The third kappa shape index (κ3) is 5.19. The highest BCUT2D eigenvalue weighted by atomic mass is 32.1. The zero-order valence-corrected chi connectivity index (χ0v) is 23.0. The molecule has 2 aromatic carbocycles. The molecule has 2 aliphatic rings. The molecule has 3 amide bonds. The number of oxazole rings is 1. The molecule has 4 aromatic rings. The Labute approximate surface area is 235 Å². The number of rotatable bonds is 2. The maximum atomic E-state index is 13.6. The van der Waals surface area contributed by atoms with Crippen LogP contribution in [0.25, 0.3) is 10.1 Å². The van der Waals surface area contributed by atoms with Gasteiger partial charge in [0.2, 0.25) is 5.91 Å². The van der Waals surface area contributed by atoms with Crippen molar-refractivity contribution in [3.05, 3.63) is 82.9 Å². The minimum Gasteiger partial charge on any atom is -0.494 e. The molecule has 1 saturated heterocycles. The van der Waals surface area contributed by atoms with E-state index in [2.05, 4.69) is 10.3 Å². The summed E-state index contributed by atoms with van der Waals surface area (Å²) in [7, 11) is 0. The molecule has 2 bridgehead atoms. The maximum Gasteiger partial charge on any atom is 0.276 e. The van der Waals surface area contributed by atoms with Crippen LogP contribution in [-0.2, 0) is 4.79 Å².